The molecule has 31 heavy (non-hydrogen) atoms. The number of hydrogen-bond donors (Lipinski definition) is 2. The van der Waals surface area contributed by atoms with E-state index in [4.69, 9.17) is 9.72 Å². The van der Waals surface area contributed by atoms with Crippen molar-refractivity contribution in [1.82, 2.24) is 20.2 Å². The van der Waals surface area contributed by atoms with Crippen molar-refractivity contribution < 1.29 is 14.3 Å². The largest absolute Gasteiger partial charge is 0.497 e. The molecule has 1 aromatic heterocycles. The highest BCUT2D eigenvalue weighted by molar-refractivity contribution is 5.81. The Morgan fingerprint density at radius 1 is 1.03 bits per heavy atom. The summed E-state index contributed by atoms with van der Waals surface area (Å²) in [5, 5.41) is 5.91. The summed E-state index contributed by atoms with van der Waals surface area (Å²) in [5.41, 5.74) is 2.82. The molecule has 3 rings (SSSR count). The second-order valence-electron chi connectivity index (χ2n) is 7.43. The van der Waals surface area contributed by atoms with E-state index in [1.165, 1.54) is 0 Å². The van der Waals surface area contributed by atoms with Crippen LogP contribution in [-0.4, -0.2) is 35.0 Å². The van der Waals surface area contributed by atoms with Crippen LogP contribution < -0.4 is 15.4 Å². The predicted molar refractivity (Wildman–Crippen MR) is 121 cm³/mol. The van der Waals surface area contributed by atoms with Crippen LogP contribution in [0.4, 0.5) is 0 Å². The van der Waals surface area contributed by atoms with Gasteiger partial charge in [0.05, 0.1) is 18.1 Å². The first-order chi connectivity index (χ1) is 15.1. The molecule has 1 heterocycles. The number of fused-ring (bicyclic) bond motifs is 1. The second kappa shape index (κ2) is 11.2. The number of carbonyl (C=O) groups excluding carboxylic acids is 2. The number of amides is 2. The summed E-state index contributed by atoms with van der Waals surface area (Å²) in [5.74, 6) is 1.64. The number of aromatic nitrogens is 2. The fraction of sp³-hybridized carbons (Fsp3) is 0.375. The van der Waals surface area contributed by atoms with Crippen molar-refractivity contribution in [2.45, 2.75) is 45.7 Å². The maximum atomic E-state index is 12.7. The van der Waals surface area contributed by atoms with E-state index in [1.54, 1.807) is 7.11 Å². The highest BCUT2D eigenvalue weighted by Gasteiger charge is 2.13. The van der Waals surface area contributed by atoms with Gasteiger partial charge in [-0.3, -0.25) is 9.59 Å². The van der Waals surface area contributed by atoms with E-state index in [0.29, 0.717) is 25.9 Å². The summed E-state index contributed by atoms with van der Waals surface area (Å²) in [6.45, 7) is 3.25. The molecule has 0 aliphatic heterocycles. The first-order valence-electron chi connectivity index (χ1n) is 10.7. The maximum Gasteiger partial charge on any atom is 0.240 e. The summed E-state index contributed by atoms with van der Waals surface area (Å²) >= 11 is 0. The highest BCUT2D eigenvalue weighted by Crippen LogP contribution is 2.17. The number of imidazole rings is 1. The van der Waals surface area contributed by atoms with Crippen LogP contribution in [0.25, 0.3) is 11.0 Å². The van der Waals surface area contributed by atoms with Gasteiger partial charge < -0.3 is 19.9 Å². The third kappa shape index (κ3) is 6.31. The topological polar surface area (TPSA) is 85.2 Å². The molecule has 0 radical (unpaired) electrons. The third-order valence-electron chi connectivity index (χ3n) is 5.06. The van der Waals surface area contributed by atoms with E-state index in [2.05, 4.69) is 10.6 Å². The van der Waals surface area contributed by atoms with E-state index < -0.39 is 0 Å². The SMILES string of the molecule is CCCC(=O)NCCCc1nc2ccccc2n1CC(=O)NCc1ccc(OC)cc1. The van der Waals surface area contributed by atoms with Crippen LogP contribution in [-0.2, 0) is 29.1 Å². The quantitative estimate of drug-likeness (QED) is 0.465. The normalized spacial score (nSPS) is 10.8. The molecular formula is C24H30N4O3. The van der Waals surface area contributed by atoms with Crippen LogP contribution in [0, 0.1) is 0 Å². The van der Waals surface area contributed by atoms with Gasteiger partial charge in [0.1, 0.15) is 18.1 Å². The molecule has 0 unspecified atom stereocenters. The first-order valence-corrected chi connectivity index (χ1v) is 10.7. The molecule has 164 valence electrons. The number of benzene rings is 2. The Kier molecular flexibility index (Phi) is 8.04. The summed E-state index contributed by atoms with van der Waals surface area (Å²) in [6, 6.07) is 15.4. The van der Waals surface area contributed by atoms with Gasteiger partial charge in [-0.15, -0.1) is 0 Å². The van der Waals surface area contributed by atoms with E-state index in [9.17, 15) is 9.59 Å². The number of ether oxygens (including phenoxy) is 1. The Balaban J connectivity index is 1.61. The monoisotopic (exact) mass is 422 g/mol. The molecule has 2 N–H and O–H groups in total. The number of para-hydroxylation sites is 2. The van der Waals surface area contributed by atoms with Crippen molar-refractivity contribution in [3.8, 4) is 5.75 Å². The summed E-state index contributed by atoms with van der Waals surface area (Å²) < 4.78 is 7.13. The molecule has 2 aromatic carbocycles. The van der Waals surface area contributed by atoms with Crippen molar-refractivity contribution >= 4 is 22.8 Å². The van der Waals surface area contributed by atoms with Crippen LogP contribution in [0.2, 0.25) is 0 Å². The Morgan fingerprint density at radius 2 is 1.81 bits per heavy atom. The summed E-state index contributed by atoms with van der Waals surface area (Å²) in [4.78, 5) is 29.0. The molecule has 0 bridgehead atoms. The maximum absolute atomic E-state index is 12.7. The molecule has 0 saturated carbocycles. The molecule has 7 heteroatoms. The lowest BCUT2D eigenvalue weighted by molar-refractivity contribution is -0.122. The standard InChI is InChI=1S/C24H30N4O3/c1-3-7-23(29)25-15-6-10-22-27-20-8-4-5-9-21(20)28(22)17-24(30)26-16-18-11-13-19(31-2)14-12-18/h4-5,8-9,11-14H,3,6-7,10,15-17H2,1-2H3,(H,25,29)(H,26,30). The van der Waals surface area contributed by atoms with Gasteiger partial charge in [-0.1, -0.05) is 31.2 Å². The van der Waals surface area contributed by atoms with Crippen molar-refractivity contribution in [2.24, 2.45) is 0 Å². The molecule has 3 aromatic rings. The highest BCUT2D eigenvalue weighted by atomic mass is 16.5. The molecule has 0 fully saturated rings. The Hall–Kier alpha value is -3.35. The number of carbonyl (C=O) groups is 2. The van der Waals surface area contributed by atoms with E-state index in [-0.39, 0.29) is 18.4 Å². The lowest BCUT2D eigenvalue weighted by atomic mass is 10.2. The van der Waals surface area contributed by atoms with Gasteiger partial charge in [0.25, 0.3) is 0 Å². The number of nitrogens with zero attached hydrogens (tertiary/aromatic N) is 2. The van der Waals surface area contributed by atoms with Crippen LogP contribution in [0.15, 0.2) is 48.5 Å². The molecular weight excluding hydrogens is 392 g/mol. The molecule has 2 amide bonds. The Bertz CT molecular complexity index is 1010. The zero-order chi connectivity index (χ0) is 22.1. The molecule has 0 aliphatic carbocycles. The lowest BCUT2D eigenvalue weighted by Crippen LogP contribution is -2.28. The smallest absolute Gasteiger partial charge is 0.240 e. The number of rotatable bonds is 11. The molecule has 0 aliphatic rings. The van der Waals surface area contributed by atoms with E-state index >= 15 is 0 Å². The number of nitrogens with one attached hydrogen (secondary N) is 2. The molecule has 7 nitrogen and oxygen atoms in total. The molecule has 0 spiro atoms. The number of hydrogen-bond acceptors (Lipinski definition) is 4. The van der Waals surface area contributed by atoms with Gasteiger partial charge in [-0.05, 0) is 42.7 Å². The van der Waals surface area contributed by atoms with Crippen LogP contribution in [0.1, 0.15) is 37.6 Å². The second-order valence-corrected chi connectivity index (χ2v) is 7.43. The van der Waals surface area contributed by atoms with Crippen LogP contribution in [0.5, 0.6) is 5.75 Å². The van der Waals surface area contributed by atoms with Gasteiger partial charge in [0.15, 0.2) is 0 Å². The fourth-order valence-electron chi connectivity index (χ4n) is 3.43. The van der Waals surface area contributed by atoms with Crippen molar-refractivity contribution in [2.75, 3.05) is 13.7 Å². The minimum Gasteiger partial charge on any atom is -0.497 e. The lowest BCUT2D eigenvalue weighted by Gasteiger charge is -2.11. The van der Waals surface area contributed by atoms with Crippen molar-refractivity contribution in [3.63, 3.8) is 0 Å². The average Bonchev–Trinajstić information content (AvgIpc) is 3.13. The number of aryl methyl sites for hydroxylation is 1. The van der Waals surface area contributed by atoms with Gasteiger partial charge >= 0.3 is 0 Å². The molecule has 0 saturated heterocycles. The van der Waals surface area contributed by atoms with E-state index in [1.807, 2.05) is 60.0 Å². The zero-order valence-electron chi connectivity index (χ0n) is 18.2. The average molecular weight is 423 g/mol. The first kappa shape index (κ1) is 22.3. The predicted octanol–water partition coefficient (Wildman–Crippen LogP) is 3.21. The summed E-state index contributed by atoms with van der Waals surface area (Å²) in [6.07, 6.45) is 2.85. The van der Waals surface area contributed by atoms with Gasteiger partial charge in [0, 0.05) is 25.9 Å². The van der Waals surface area contributed by atoms with Crippen LogP contribution >= 0.6 is 0 Å². The van der Waals surface area contributed by atoms with E-state index in [0.717, 1.165) is 41.0 Å². The fourth-order valence-corrected chi connectivity index (χ4v) is 3.43. The Labute approximate surface area is 182 Å². The molecule has 0 atom stereocenters. The zero-order valence-corrected chi connectivity index (χ0v) is 18.2. The van der Waals surface area contributed by atoms with Gasteiger partial charge in [0.2, 0.25) is 11.8 Å². The minimum absolute atomic E-state index is 0.0727. The van der Waals surface area contributed by atoms with Crippen LogP contribution in [0.3, 0.4) is 0 Å². The van der Waals surface area contributed by atoms with Crippen molar-refractivity contribution in [3.05, 3.63) is 59.9 Å². The van der Waals surface area contributed by atoms with Crippen molar-refractivity contribution in [1.29, 1.82) is 0 Å². The minimum atomic E-state index is -0.0727. The third-order valence-corrected chi connectivity index (χ3v) is 5.06. The number of methoxy groups -OCH3 is 1. The summed E-state index contributed by atoms with van der Waals surface area (Å²) in [7, 11) is 1.63. The van der Waals surface area contributed by atoms with Gasteiger partial charge in [-0.2, -0.15) is 0 Å². The Morgan fingerprint density at radius 3 is 2.55 bits per heavy atom. The van der Waals surface area contributed by atoms with Gasteiger partial charge in [-0.25, -0.2) is 4.98 Å².